The molecule has 0 saturated carbocycles. The molecule has 9 nitrogen and oxygen atoms in total. The lowest BCUT2D eigenvalue weighted by atomic mass is 9.71. The number of methoxy groups -OCH3 is 2. The fraction of sp³-hybridized carbons (Fsp3) is 0.419. The number of hydrogen-bond donors (Lipinski definition) is 2. The summed E-state index contributed by atoms with van der Waals surface area (Å²) in [6.07, 6.45) is 0.822. The van der Waals surface area contributed by atoms with E-state index in [-0.39, 0.29) is 42.8 Å². The van der Waals surface area contributed by atoms with Crippen molar-refractivity contribution in [2.75, 3.05) is 40.6 Å². The Morgan fingerprint density at radius 2 is 1.68 bits per heavy atom. The highest BCUT2D eigenvalue weighted by atomic mass is 16.6. The number of benzene rings is 2. The van der Waals surface area contributed by atoms with Crippen LogP contribution in [0.2, 0.25) is 0 Å². The van der Waals surface area contributed by atoms with Crippen LogP contribution in [-0.4, -0.2) is 57.5 Å². The van der Waals surface area contributed by atoms with Crippen molar-refractivity contribution in [2.24, 2.45) is 0 Å². The Bertz CT molecular complexity index is 1330. The highest BCUT2D eigenvalue weighted by Crippen LogP contribution is 2.47. The molecule has 0 spiro atoms. The van der Waals surface area contributed by atoms with Gasteiger partial charge in [0.05, 0.1) is 33.0 Å². The summed E-state index contributed by atoms with van der Waals surface area (Å²) in [5.74, 6) is 0.113. The Labute approximate surface area is 234 Å². The van der Waals surface area contributed by atoms with Gasteiger partial charge in [-0.05, 0) is 68.5 Å². The first-order chi connectivity index (χ1) is 19.3. The molecular formula is C31H37NO8. The molecule has 0 radical (unpaired) electrons. The van der Waals surface area contributed by atoms with Gasteiger partial charge in [-0.3, -0.25) is 4.79 Å². The lowest BCUT2D eigenvalue weighted by molar-refractivity contribution is -0.140. The first-order valence-electron chi connectivity index (χ1n) is 13.5. The van der Waals surface area contributed by atoms with Crippen molar-refractivity contribution in [3.63, 3.8) is 0 Å². The van der Waals surface area contributed by atoms with Crippen molar-refractivity contribution >= 4 is 11.8 Å². The van der Waals surface area contributed by atoms with Crippen LogP contribution in [-0.2, 0) is 19.1 Å². The lowest BCUT2D eigenvalue weighted by Gasteiger charge is -2.37. The molecule has 0 saturated heterocycles. The highest BCUT2D eigenvalue weighted by Gasteiger charge is 2.41. The fourth-order valence-corrected chi connectivity index (χ4v) is 5.38. The zero-order valence-corrected chi connectivity index (χ0v) is 23.7. The molecule has 2 aliphatic rings. The number of phenols is 1. The predicted molar refractivity (Wildman–Crippen MR) is 149 cm³/mol. The van der Waals surface area contributed by atoms with Crippen molar-refractivity contribution < 1.29 is 38.4 Å². The van der Waals surface area contributed by atoms with Crippen LogP contribution in [0, 0.1) is 0 Å². The van der Waals surface area contributed by atoms with E-state index in [1.54, 1.807) is 26.4 Å². The van der Waals surface area contributed by atoms with E-state index in [0.717, 1.165) is 11.3 Å². The van der Waals surface area contributed by atoms with Crippen LogP contribution >= 0.6 is 0 Å². The summed E-state index contributed by atoms with van der Waals surface area (Å²) in [4.78, 5) is 27.3. The van der Waals surface area contributed by atoms with Crippen molar-refractivity contribution in [1.29, 1.82) is 0 Å². The van der Waals surface area contributed by atoms with E-state index in [9.17, 15) is 14.7 Å². The molecule has 1 aliphatic carbocycles. The van der Waals surface area contributed by atoms with Crippen LogP contribution in [0.5, 0.6) is 23.0 Å². The average Bonchev–Trinajstić information content (AvgIpc) is 2.95. The number of Topliss-reactive ketones (excluding diaryl/α,β-unsaturated/α-hetero) is 1. The van der Waals surface area contributed by atoms with E-state index in [2.05, 4.69) is 5.32 Å². The third-order valence-corrected chi connectivity index (χ3v) is 7.21. The van der Waals surface area contributed by atoms with E-state index < -0.39 is 11.9 Å². The molecule has 0 amide bonds. The molecule has 214 valence electrons. The maximum absolute atomic E-state index is 13.9. The van der Waals surface area contributed by atoms with Gasteiger partial charge in [-0.25, -0.2) is 4.79 Å². The lowest BCUT2D eigenvalue weighted by Crippen LogP contribution is -2.36. The van der Waals surface area contributed by atoms with E-state index in [1.807, 2.05) is 39.0 Å². The minimum Gasteiger partial charge on any atom is -0.504 e. The zero-order chi connectivity index (χ0) is 28.8. The van der Waals surface area contributed by atoms with Crippen LogP contribution in [0.25, 0.3) is 0 Å². The predicted octanol–water partition coefficient (Wildman–Crippen LogP) is 4.75. The standard InChI is InChI=1S/C31H37NO8/c1-6-38-12-13-40-31(35)28-18(3)32-22-14-21(19-9-11-25(36-4)27(16-19)37-5)15-24(34)30(22)29(28)20-8-10-23(33)26(17-20)39-7-2/h8-11,16-17,21,29,32-33H,6-7,12-15H2,1-5H3/t21-,29-/m1/s1. The first kappa shape index (κ1) is 29.0. The average molecular weight is 552 g/mol. The number of allylic oxidation sites excluding steroid dienone is 3. The van der Waals surface area contributed by atoms with Crippen LogP contribution in [0.3, 0.4) is 0 Å². The number of esters is 1. The number of carbonyl (C=O) groups is 2. The molecule has 40 heavy (non-hydrogen) atoms. The maximum atomic E-state index is 13.9. The molecule has 2 aromatic rings. The molecule has 0 bridgehead atoms. The summed E-state index contributed by atoms with van der Waals surface area (Å²) in [5.41, 5.74) is 3.85. The molecule has 9 heteroatoms. The molecule has 1 aliphatic heterocycles. The second-order valence-electron chi connectivity index (χ2n) is 9.62. The zero-order valence-electron chi connectivity index (χ0n) is 23.7. The van der Waals surface area contributed by atoms with Crippen LogP contribution in [0.15, 0.2) is 58.9 Å². The van der Waals surface area contributed by atoms with Crippen molar-refractivity contribution in [2.45, 2.75) is 45.4 Å². The number of hydrogen-bond acceptors (Lipinski definition) is 9. The number of ketones is 1. The van der Waals surface area contributed by atoms with Gasteiger partial charge in [0.2, 0.25) is 0 Å². The van der Waals surface area contributed by atoms with Gasteiger partial charge in [0.15, 0.2) is 28.8 Å². The van der Waals surface area contributed by atoms with E-state index >= 15 is 0 Å². The molecule has 2 N–H and O–H groups in total. The number of ether oxygens (including phenoxy) is 5. The normalized spacial score (nSPS) is 18.7. The minimum atomic E-state index is -0.686. The Morgan fingerprint density at radius 3 is 2.38 bits per heavy atom. The Balaban J connectivity index is 1.75. The number of rotatable bonds is 11. The summed E-state index contributed by atoms with van der Waals surface area (Å²) >= 11 is 0. The summed E-state index contributed by atoms with van der Waals surface area (Å²) in [6, 6.07) is 10.6. The quantitative estimate of drug-likeness (QED) is 0.302. The summed E-state index contributed by atoms with van der Waals surface area (Å²) < 4.78 is 27.4. The Hall–Kier alpha value is -3.98. The number of carbonyl (C=O) groups excluding carboxylic acids is 2. The van der Waals surface area contributed by atoms with Crippen LogP contribution in [0.1, 0.15) is 56.6 Å². The second kappa shape index (κ2) is 12.9. The highest BCUT2D eigenvalue weighted by molar-refractivity contribution is 6.04. The number of dihydropyridines is 1. The van der Waals surface area contributed by atoms with Gasteiger partial charge < -0.3 is 34.1 Å². The molecule has 0 fully saturated rings. The van der Waals surface area contributed by atoms with Crippen molar-refractivity contribution in [3.8, 4) is 23.0 Å². The molecule has 2 aromatic carbocycles. The van der Waals surface area contributed by atoms with Gasteiger partial charge in [0, 0.05) is 35.9 Å². The minimum absolute atomic E-state index is 0.0150. The summed E-state index contributed by atoms with van der Waals surface area (Å²) in [6.45, 7) is 6.74. The van der Waals surface area contributed by atoms with Crippen molar-refractivity contribution in [1.82, 2.24) is 5.32 Å². The van der Waals surface area contributed by atoms with Gasteiger partial charge >= 0.3 is 5.97 Å². The van der Waals surface area contributed by atoms with E-state index in [0.29, 0.717) is 53.5 Å². The van der Waals surface area contributed by atoms with Gasteiger partial charge in [-0.15, -0.1) is 0 Å². The molecule has 1 heterocycles. The van der Waals surface area contributed by atoms with Gasteiger partial charge in [0.25, 0.3) is 0 Å². The van der Waals surface area contributed by atoms with Crippen LogP contribution in [0.4, 0.5) is 0 Å². The number of phenolic OH excluding ortho intramolecular Hbond substituents is 1. The van der Waals surface area contributed by atoms with Crippen LogP contribution < -0.4 is 19.5 Å². The maximum Gasteiger partial charge on any atom is 0.336 e. The second-order valence-corrected chi connectivity index (χ2v) is 9.62. The third kappa shape index (κ3) is 5.94. The number of nitrogens with one attached hydrogen (secondary N) is 1. The summed E-state index contributed by atoms with van der Waals surface area (Å²) in [5, 5.41) is 13.7. The van der Waals surface area contributed by atoms with Gasteiger partial charge in [-0.1, -0.05) is 12.1 Å². The fourth-order valence-electron chi connectivity index (χ4n) is 5.38. The molecule has 2 atom stereocenters. The van der Waals surface area contributed by atoms with Crippen molar-refractivity contribution in [3.05, 3.63) is 70.1 Å². The first-order valence-corrected chi connectivity index (χ1v) is 13.5. The third-order valence-electron chi connectivity index (χ3n) is 7.21. The Kier molecular flexibility index (Phi) is 9.37. The monoisotopic (exact) mass is 551 g/mol. The smallest absolute Gasteiger partial charge is 0.336 e. The van der Waals surface area contributed by atoms with Gasteiger partial charge in [-0.2, -0.15) is 0 Å². The SMILES string of the molecule is CCOCCOC(=O)C1=C(C)NC2=C(C(=O)C[C@H](c3ccc(OC)c(OC)c3)C2)[C@@H]1c1ccc(O)c(OCC)c1. The molecule has 0 unspecified atom stereocenters. The summed E-state index contributed by atoms with van der Waals surface area (Å²) in [7, 11) is 3.17. The topological polar surface area (TPSA) is 113 Å². The molecule has 4 rings (SSSR count). The van der Waals surface area contributed by atoms with Gasteiger partial charge in [0.1, 0.15) is 6.61 Å². The molecule has 0 aromatic heterocycles. The number of aromatic hydroxyl groups is 1. The Morgan fingerprint density at radius 1 is 0.950 bits per heavy atom. The largest absolute Gasteiger partial charge is 0.504 e. The molecular weight excluding hydrogens is 514 g/mol. The van der Waals surface area contributed by atoms with E-state index in [1.165, 1.54) is 6.07 Å². The van der Waals surface area contributed by atoms with E-state index in [4.69, 9.17) is 23.7 Å².